The van der Waals surface area contributed by atoms with Gasteiger partial charge in [0, 0.05) is 31.7 Å². The Labute approximate surface area is 207 Å². The summed E-state index contributed by atoms with van der Waals surface area (Å²) in [6.45, 7) is 2.39. The average Bonchev–Trinajstić information content (AvgIpc) is 3.47. The SMILES string of the molecule is O=C1CCC(N2Cc3cc(-n4cc(C(=O)NCC5CCOCC56CCC6)nn4)ccc3C2=O)C(=O)N1. The molecule has 3 aliphatic heterocycles. The molecule has 6 rings (SSSR count). The molecule has 2 N–H and O–H groups in total. The number of carbonyl (C=O) groups excluding carboxylic acids is 4. The molecule has 36 heavy (non-hydrogen) atoms. The van der Waals surface area contributed by atoms with Gasteiger partial charge in [0.1, 0.15) is 6.04 Å². The minimum Gasteiger partial charge on any atom is -0.381 e. The van der Waals surface area contributed by atoms with E-state index in [4.69, 9.17) is 4.74 Å². The lowest BCUT2D eigenvalue weighted by Crippen LogP contribution is -2.52. The maximum Gasteiger partial charge on any atom is 0.273 e. The monoisotopic (exact) mass is 492 g/mol. The van der Waals surface area contributed by atoms with Crippen molar-refractivity contribution in [2.24, 2.45) is 11.3 Å². The van der Waals surface area contributed by atoms with E-state index in [1.54, 1.807) is 18.3 Å². The third-order valence-corrected chi connectivity index (χ3v) is 8.22. The maximum absolute atomic E-state index is 12.9. The molecule has 0 bridgehead atoms. The van der Waals surface area contributed by atoms with Crippen LogP contribution in [0, 0.1) is 11.3 Å². The second-order valence-corrected chi connectivity index (χ2v) is 10.3. The van der Waals surface area contributed by atoms with E-state index in [2.05, 4.69) is 20.9 Å². The molecule has 4 amide bonds. The van der Waals surface area contributed by atoms with Gasteiger partial charge in [0.05, 0.1) is 18.5 Å². The molecule has 1 spiro atoms. The van der Waals surface area contributed by atoms with Crippen molar-refractivity contribution < 1.29 is 23.9 Å². The van der Waals surface area contributed by atoms with Gasteiger partial charge in [0.2, 0.25) is 11.8 Å². The number of fused-ring (bicyclic) bond motifs is 1. The minimum atomic E-state index is -0.664. The zero-order valence-corrected chi connectivity index (χ0v) is 19.9. The Balaban J connectivity index is 1.12. The van der Waals surface area contributed by atoms with Crippen LogP contribution in [0.5, 0.6) is 0 Å². The van der Waals surface area contributed by atoms with E-state index in [1.165, 1.54) is 16.0 Å². The maximum atomic E-state index is 12.9. The molecule has 3 fully saturated rings. The lowest BCUT2D eigenvalue weighted by atomic mass is 9.60. The molecule has 11 heteroatoms. The molecule has 1 aromatic carbocycles. The van der Waals surface area contributed by atoms with Crippen molar-refractivity contribution >= 4 is 23.6 Å². The van der Waals surface area contributed by atoms with Gasteiger partial charge < -0.3 is 15.0 Å². The number of carbonyl (C=O) groups is 4. The van der Waals surface area contributed by atoms with Gasteiger partial charge in [-0.2, -0.15) is 0 Å². The van der Waals surface area contributed by atoms with E-state index in [0.29, 0.717) is 30.1 Å². The lowest BCUT2D eigenvalue weighted by molar-refractivity contribution is -0.136. The number of aromatic nitrogens is 3. The van der Waals surface area contributed by atoms with E-state index >= 15 is 0 Å². The highest BCUT2D eigenvalue weighted by Gasteiger charge is 2.46. The second-order valence-electron chi connectivity index (χ2n) is 10.3. The van der Waals surface area contributed by atoms with E-state index in [1.807, 2.05) is 6.07 Å². The first-order valence-electron chi connectivity index (χ1n) is 12.5. The Morgan fingerprint density at radius 1 is 1.22 bits per heavy atom. The van der Waals surface area contributed by atoms with Crippen LogP contribution in [0.15, 0.2) is 24.4 Å². The van der Waals surface area contributed by atoms with Crippen LogP contribution >= 0.6 is 0 Å². The highest BCUT2D eigenvalue weighted by molar-refractivity contribution is 6.05. The number of ether oxygens (including phenoxy) is 1. The Hall–Kier alpha value is -3.60. The molecule has 2 atom stereocenters. The molecule has 1 aliphatic carbocycles. The molecule has 2 unspecified atom stereocenters. The molecule has 1 aromatic heterocycles. The van der Waals surface area contributed by atoms with Gasteiger partial charge in [-0.05, 0) is 60.8 Å². The van der Waals surface area contributed by atoms with Crippen LogP contribution in [0.25, 0.3) is 5.69 Å². The van der Waals surface area contributed by atoms with Gasteiger partial charge in [-0.25, -0.2) is 4.68 Å². The van der Waals surface area contributed by atoms with Crippen molar-refractivity contribution in [1.82, 2.24) is 30.5 Å². The number of hydrogen-bond acceptors (Lipinski definition) is 7. The van der Waals surface area contributed by atoms with Gasteiger partial charge >= 0.3 is 0 Å². The fourth-order valence-corrected chi connectivity index (χ4v) is 5.93. The first-order chi connectivity index (χ1) is 17.4. The fraction of sp³-hybridized carbons (Fsp3) is 0.520. The van der Waals surface area contributed by atoms with Crippen LogP contribution in [0.3, 0.4) is 0 Å². The molecular weight excluding hydrogens is 464 g/mol. The van der Waals surface area contributed by atoms with Crippen molar-refractivity contribution in [3.8, 4) is 5.69 Å². The summed E-state index contributed by atoms with van der Waals surface area (Å²) in [4.78, 5) is 50.9. The third-order valence-electron chi connectivity index (χ3n) is 8.22. The first kappa shape index (κ1) is 22.8. The Morgan fingerprint density at radius 3 is 2.86 bits per heavy atom. The molecule has 11 nitrogen and oxygen atoms in total. The van der Waals surface area contributed by atoms with Crippen LogP contribution in [0.1, 0.15) is 64.9 Å². The summed E-state index contributed by atoms with van der Waals surface area (Å²) in [7, 11) is 0. The van der Waals surface area contributed by atoms with Crippen LogP contribution in [0.4, 0.5) is 0 Å². The minimum absolute atomic E-state index is 0.209. The van der Waals surface area contributed by atoms with Crippen molar-refractivity contribution in [2.75, 3.05) is 19.8 Å². The number of amides is 4. The smallest absolute Gasteiger partial charge is 0.273 e. The topological polar surface area (TPSA) is 136 Å². The average molecular weight is 493 g/mol. The van der Waals surface area contributed by atoms with Crippen molar-refractivity contribution in [1.29, 1.82) is 0 Å². The van der Waals surface area contributed by atoms with E-state index in [9.17, 15) is 19.2 Å². The fourth-order valence-electron chi connectivity index (χ4n) is 5.93. The van der Waals surface area contributed by atoms with E-state index < -0.39 is 11.9 Å². The Morgan fingerprint density at radius 2 is 2.08 bits per heavy atom. The number of piperidine rings is 1. The number of nitrogens with one attached hydrogen (secondary N) is 2. The molecular formula is C25H28N6O5. The predicted molar refractivity (Wildman–Crippen MR) is 125 cm³/mol. The molecule has 4 heterocycles. The van der Waals surface area contributed by atoms with Gasteiger partial charge in [-0.3, -0.25) is 24.5 Å². The van der Waals surface area contributed by atoms with Gasteiger partial charge in [0.15, 0.2) is 5.69 Å². The van der Waals surface area contributed by atoms with Crippen LogP contribution in [-0.2, 0) is 20.9 Å². The first-order valence-corrected chi connectivity index (χ1v) is 12.5. The zero-order valence-electron chi connectivity index (χ0n) is 19.9. The molecule has 188 valence electrons. The standard InChI is InChI=1S/C25H28N6O5/c32-21-5-4-20(23(34)27-21)30-12-15-10-17(2-3-18(15)24(30)35)31-13-19(28-29-31)22(33)26-11-16-6-9-36-14-25(16)7-1-8-25/h2-3,10,13,16,20H,1,4-9,11-12,14H2,(H,26,33)(H,27,32,34). The van der Waals surface area contributed by atoms with Crippen molar-refractivity contribution in [3.05, 3.63) is 41.2 Å². The number of benzene rings is 1. The van der Waals surface area contributed by atoms with Crippen LogP contribution in [0.2, 0.25) is 0 Å². The van der Waals surface area contributed by atoms with Crippen LogP contribution in [-0.4, -0.2) is 69.3 Å². The highest BCUT2D eigenvalue weighted by Crippen LogP contribution is 2.50. The lowest BCUT2D eigenvalue weighted by Gasteiger charge is -2.50. The molecule has 0 radical (unpaired) electrons. The van der Waals surface area contributed by atoms with E-state index in [-0.39, 0.29) is 41.8 Å². The molecule has 1 saturated carbocycles. The number of hydrogen-bond donors (Lipinski definition) is 2. The number of imide groups is 1. The molecule has 2 aromatic rings. The second kappa shape index (κ2) is 8.81. The summed E-state index contributed by atoms with van der Waals surface area (Å²) in [5, 5.41) is 13.5. The summed E-state index contributed by atoms with van der Waals surface area (Å²) >= 11 is 0. The summed E-state index contributed by atoms with van der Waals surface area (Å²) in [6.07, 6.45) is 6.59. The third kappa shape index (κ3) is 3.87. The largest absolute Gasteiger partial charge is 0.381 e. The van der Waals surface area contributed by atoms with Crippen molar-refractivity contribution in [3.63, 3.8) is 0 Å². The normalized spacial score (nSPS) is 24.9. The summed E-state index contributed by atoms with van der Waals surface area (Å²) in [5.41, 5.74) is 2.38. The number of rotatable bonds is 5. The zero-order chi connectivity index (χ0) is 24.9. The summed E-state index contributed by atoms with van der Waals surface area (Å²) in [5.74, 6) is -0.835. The predicted octanol–water partition coefficient (Wildman–Crippen LogP) is 0.965. The molecule has 4 aliphatic rings. The summed E-state index contributed by atoms with van der Waals surface area (Å²) in [6, 6.07) is 4.59. The Kier molecular flexibility index (Phi) is 5.59. The Bertz CT molecular complexity index is 1250. The van der Waals surface area contributed by atoms with E-state index in [0.717, 1.165) is 38.0 Å². The quantitative estimate of drug-likeness (QED) is 0.594. The van der Waals surface area contributed by atoms with Crippen molar-refractivity contribution in [2.45, 2.75) is 51.1 Å². The van der Waals surface area contributed by atoms with Crippen LogP contribution < -0.4 is 10.6 Å². The van der Waals surface area contributed by atoms with Gasteiger partial charge in [-0.15, -0.1) is 5.10 Å². The summed E-state index contributed by atoms with van der Waals surface area (Å²) < 4.78 is 7.20. The van der Waals surface area contributed by atoms with Gasteiger partial charge in [-0.1, -0.05) is 11.6 Å². The number of nitrogens with zero attached hydrogens (tertiary/aromatic N) is 4. The highest BCUT2D eigenvalue weighted by atomic mass is 16.5. The molecule has 2 saturated heterocycles. The van der Waals surface area contributed by atoms with Gasteiger partial charge in [0.25, 0.3) is 11.8 Å².